The minimum absolute atomic E-state index is 0.338. The van der Waals surface area contributed by atoms with Crippen molar-refractivity contribution in [2.45, 2.75) is 6.61 Å². The largest absolute Gasteiger partial charge is 0.493 e. The van der Waals surface area contributed by atoms with Crippen molar-refractivity contribution in [3.63, 3.8) is 0 Å². The number of aromatic amines is 1. The highest BCUT2D eigenvalue weighted by Gasteiger charge is 2.07. The van der Waals surface area contributed by atoms with Gasteiger partial charge in [-0.2, -0.15) is 14.9 Å². The van der Waals surface area contributed by atoms with E-state index in [2.05, 4.69) is 15.3 Å². The average molecular weight is 409 g/mol. The van der Waals surface area contributed by atoms with Gasteiger partial charge in [0.1, 0.15) is 12.9 Å². The number of hydrogen-bond acceptors (Lipinski definition) is 5. The van der Waals surface area contributed by atoms with Crippen LogP contribution in [0.1, 0.15) is 11.1 Å². The van der Waals surface area contributed by atoms with Crippen LogP contribution in [0.2, 0.25) is 10.0 Å². The lowest BCUT2D eigenvalue weighted by Crippen LogP contribution is -1.99. The molecular formula is C17H14Cl2N4O2S. The van der Waals surface area contributed by atoms with Crippen molar-refractivity contribution in [3.05, 3.63) is 68.7 Å². The highest BCUT2D eigenvalue weighted by atomic mass is 35.5. The van der Waals surface area contributed by atoms with Gasteiger partial charge in [0.25, 0.3) is 0 Å². The SMILES string of the molecule is COc1cc(/C=N/n2cn[nH]c2=S)ccc1OCc1ccc(Cl)c(Cl)c1. The molecule has 3 rings (SSSR count). The number of methoxy groups -OCH3 is 1. The first-order valence-corrected chi connectivity index (χ1v) is 8.64. The predicted octanol–water partition coefficient (Wildman–Crippen LogP) is 4.72. The van der Waals surface area contributed by atoms with Crippen LogP contribution in [0.15, 0.2) is 47.8 Å². The van der Waals surface area contributed by atoms with Gasteiger partial charge in [0.15, 0.2) is 11.5 Å². The fourth-order valence-electron chi connectivity index (χ4n) is 2.13. The maximum Gasteiger partial charge on any atom is 0.216 e. The smallest absolute Gasteiger partial charge is 0.216 e. The number of H-pyrrole nitrogens is 1. The summed E-state index contributed by atoms with van der Waals surface area (Å²) >= 11 is 17.0. The van der Waals surface area contributed by atoms with E-state index in [4.69, 9.17) is 44.9 Å². The summed E-state index contributed by atoms with van der Waals surface area (Å²) in [5.41, 5.74) is 1.73. The van der Waals surface area contributed by atoms with E-state index in [0.717, 1.165) is 11.1 Å². The van der Waals surface area contributed by atoms with Crippen LogP contribution in [0, 0.1) is 4.77 Å². The second-order valence-corrected chi connectivity index (χ2v) is 6.40. The van der Waals surface area contributed by atoms with Crippen LogP contribution < -0.4 is 9.47 Å². The van der Waals surface area contributed by atoms with Gasteiger partial charge in [0.05, 0.1) is 23.4 Å². The van der Waals surface area contributed by atoms with Gasteiger partial charge in [-0.25, -0.2) is 0 Å². The summed E-state index contributed by atoms with van der Waals surface area (Å²) < 4.78 is 13.1. The predicted molar refractivity (Wildman–Crippen MR) is 104 cm³/mol. The molecule has 0 amide bonds. The summed E-state index contributed by atoms with van der Waals surface area (Å²) in [7, 11) is 1.58. The van der Waals surface area contributed by atoms with E-state index in [1.165, 1.54) is 11.0 Å². The molecule has 26 heavy (non-hydrogen) atoms. The molecule has 134 valence electrons. The Morgan fingerprint density at radius 2 is 2.04 bits per heavy atom. The topological polar surface area (TPSA) is 64.4 Å². The Labute approximate surface area is 165 Å². The number of nitrogens with one attached hydrogen (secondary N) is 1. The molecule has 0 aliphatic carbocycles. The van der Waals surface area contributed by atoms with Crippen molar-refractivity contribution >= 4 is 41.6 Å². The molecule has 0 fully saturated rings. The standard InChI is InChI=1S/C17H14Cl2N4O2S/c1-24-16-7-11(8-21-23-10-20-22-17(23)26)3-5-15(16)25-9-12-2-4-13(18)14(19)6-12/h2-8,10H,9H2,1H3,(H,22,26)/b21-8+. The van der Waals surface area contributed by atoms with Gasteiger partial charge in [0.2, 0.25) is 4.77 Å². The second-order valence-electron chi connectivity index (χ2n) is 5.20. The van der Waals surface area contributed by atoms with Crippen LogP contribution in [0.3, 0.4) is 0 Å². The molecule has 0 bridgehead atoms. The summed E-state index contributed by atoms with van der Waals surface area (Å²) in [6.45, 7) is 0.338. The van der Waals surface area contributed by atoms with E-state index >= 15 is 0 Å². The zero-order valence-electron chi connectivity index (χ0n) is 13.6. The Hall–Kier alpha value is -2.35. The molecule has 1 heterocycles. The number of rotatable bonds is 6. The first-order chi connectivity index (χ1) is 12.6. The van der Waals surface area contributed by atoms with Gasteiger partial charge in [-0.05, 0) is 53.7 Å². The normalized spacial score (nSPS) is 11.0. The first kappa shape index (κ1) is 18.4. The highest BCUT2D eigenvalue weighted by Crippen LogP contribution is 2.29. The minimum Gasteiger partial charge on any atom is -0.493 e. The van der Waals surface area contributed by atoms with Crippen molar-refractivity contribution in [1.29, 1.82) is 0 Å². The van der Waals surface area contributed by atoms with E-state index in [9.17, 15) is 0 Å². The third-order valence-corrected chi connectivity index (χ3v) is 4.45. The number of benzene rings is 2. The number of hydrogen-bond donors (Lipinski definition) is 1. The summed E-state index contributed by atoms with van der Waals surface area (Å²) in [5, 5.41) is 11.7. The zero-order chi connectivity index (χ0) is 18.5. The zero-order valence-corrected chi connectivity index (χ0v) is 16.0. The van der Waals surface area contributed by atoms with Gasteiger partial charge in [0, 0.05) is 0 Å². The van der Waals surface area contributed by atoms with Gasteiger partial charge in [-0.3, -0.25) is 5.10 Å². The molecule has 3 aromatic rings. The maximum atomic E-state index is 6.02. The molecule has 1 aromatic heterocycles. The molecular weight excluding hydrogens is 395 g/mol. The van der Waals surface area contributed by atoms with Gasteiger partial charge in [-0.1, -0.05) is 29.3 Å². The van der Waals surface area contributed by atoms with Gasteiger partial charge >= 0.3 is 0 Å². The van der Waals surface area contributed by atoms with Crippen LogP contribution in [-0.4, -0.2) is 28.2 Å². The Balaban J connectivity index is 1.74. The molecule has 0 aliphatic rings. The van der Waals surface area contributed by atoms with Crippen LogP contribution >= 0.6 is 35.4 Å². The molecule has 0 saturated carbocycles. The number of nitrogens with zero attached hydrogens (tertiary/aromatic N) is 3. The van der Waals surface area contributed by atoms with E-state index in [1.807, 2.05) is 24.3 Å². The first-order valence-electron chi connectivity index (χ1n) is 7.48. The van der Waals surface area contributed by atoms with Crippen molar-refractivity contribution in [1.82, 2.24) is 14.9 Å². The average Bonchev–Trinajstić information content (AvgIpc) is 3.06. The lowest BCUT2D eigenvalue weighted by molar-refractivity contribution is 0.284. The Morgan fingerprint density at radius 3 is 2.73 bits per heavy atom. The van der Waals surface area contributed by atoms with E-state index in [0.29, 0.717) is 32.9 Å². The summed E-state index contributed by atoms with van der Waals surface area (Å²) in [6, 6.07) is 10.9. The van der Waals surface area contributed by atoms with Crippen molar-refractivity contribution in [2.75, 3.05) is 7.11 Å². The van der Waals surface area contributed by atoms with Gasteiger partial charge < -0.3 is 9.47 Å². The Bertz CT molecular complexity index is 1000. The van der Waals surface area contributed by atoms with Crippen molar-refractivity contribution in [2.24, 2.45) is 5.10 Å². The monoisotopic (exact) mass is 408 g/mol. The van der Waals surface area contributed by atoms with Crippen LogP contribution in [0.4, 0.5) is 0 Å². The van der Waals surface area contributed by atoms with Gasteiger partial charge in [-0.15, -0.1) is 0 Å². The lowest BCUT2D eigenvalue weighted by atomic mass is 10.2. The molecule has 0 aliphatic heterocycles. The highest BCUT2D eigenvalue weighted by molar-refractivity contribution is 7.71. The van der Waals surface area contributed by atoms with Crippen LogP contribution in [0.25, 0.3) is 0 Å². The molecule has 6 nitrogen and oxygen atoms in total. The molecule has 0 unspecified atom stereocenters. The van der Waals surface area contributed by atoms with E-state index in [-0.39, 0.29) is 0 Å². The van der Waals surface area contributed by atoms with E-state index < -0.39 is 0 Å². The summed E-state index contributed by atoms with van der Waals surface area (Å²) in [6.07, 6.45) is 3.14. The molecule has 0 radical (unpaired) electrons. The van der Waals surface area contributed by atoms with Crippen molar-refractivity contribution in [3.8, 4) is 11.5 Å². The number of ether oxygens (including phenoxy) is 2. The second kappa shape index (κ2) is 8.35. The molecule has 1 N–H and O–H groups in total. The maximum absolute atomic E-state index is 6.02. The lowest BCUT2D eigenvalue weighted by Gasteiger charge is -2.11. The third-order valence-electron chi connectivity index (χ3n) is 3.43. The number of aromatic nitrogens is 3. The summed E-state index contributed by atoms with van der Waals surface area (Å²) in [4.78, 5) is 0. The molecule has 0 atom stereocenters. The molecule has 0 spiro atoms. The third kappa shape index (κ3) is 4.43. The quantitative estimate of drug-likeness (QED) is 0.473. The number of halogens is 2. The molecule has 0 saturated heterocycles. The molecule has 9 heteroatoms. The Kier molecular flexibility index (Phi) is 5.92. The van der Waals surface area contributed by atoms with Crippen LogP contribution in [-0.2, 0) is 6.61 Å². The van der Waals surface area contributed by atoms with E-state index in [1.54, 1.807) is 25.5 Å². The van der Waals surface area contributed by atoms with Crippen molar-refractivity contribution < 1.29 is 9.47 Å². The molecule has 2 aromatic carbocycles. The fraction of sp³-hybridized carbons (Fsp3) is 0.118. The minimum atomic E-state index is 0.338. The Morgan fingerprint density at radius 1 is 1.19 bits per heavy atom. The fourth-order valence-corrected chi connectivity index (χ4v) is 2.60. The van der Waals surface area contributed by atoms with Crippen LogP contribution in [0.5, 0.6) is 11.5 Å². The summed E-state index contributed by atoms with van der Waals surface area (Å²) in [5.74, 6) is 1.19.